The Kier molecular flexibility index (Phi) is 8.82. The number of primary sulfonamides is 1. The molecule has 3 aromatic rings. The van der Waals surface area contributed by atoms with E-state index in [0.29, 0.717) is 33.7 Å². The van der Waals surface area contributed by atoms with Crippen molar-refractivity contribution in [3.05, 3.63) is 64.4 Å². The maximum absolute atomic E-state index is 13.0. The van der Waals surface area contributed by atoms with Crippen molar-refractivity contribution in [2.45, 2.75) is 60.3 Å². The number of ether oxygens (including phenoxy) is 1. The number of hydrogen-bond acceptors (Lipinski definition) is 10. The van der Waals surface area contributed by atoms with Gasteiger partial charge in [-0.05, 0) is 51.0 Å². The zero-order valence-corrected chi connectivity index (χ0v) is 25.6. The van der Waals surface area contributed by atoms with Crippen molar-refractivity contribution < 1.29 is 23.1 Å². The molecular formula is C28H33ClN6O5S2. The molecule has 14 heteroatoms. The predicted molar refractivity (Wildman–Crippen MR) is 161 cm³/mol. The quantitative estimate of drug-likeness (QED) is 0.302. The lowest BCUT2D eigenvalue weighted by atomic mass is 9.73. The van der Waals surface area contributed by atoms with E-state index in [-0.39, 0.29) is 45.3 Å². The Bertz CT molecular complexity index is 1610. The van der Waals surface area contributed by atoms with E-state index in [1.165, 1.54) is 30.0 Å². The van der Waals surface area contributed by atoms with E-state index in [4.69, 9.17) is 37.2 Å². The highest BCUT2D eigenvalue weighted by Gasteiger charge is 2.47. The highest BCUT2D eigenvalue weighted by Crippen LogP contribution is 2.43. The fourth-order valence-electron chi connectivity index (χ4n) is 5.50. The summed E-state index contributed by atoms with van der Waals surface area (Å²) in [4.78, 5) is 25.0. The number of carbonyl (C=O) groups excluding carboxylic acids is 1. The van der Waals surface area contributed by atoms with Crippen molar-refractivity contribution in [3.8, 4) is 0 Å². The van der Waals surface area contributed by atoms with E-state index in [0.717, 1.165) is 25.9 Å². The molecule has 1 aromatic heterocycles. The van der Waals surface area contributed by atoms with E-state index in [2.05, 4.69) is 10.2 Å². The molecule has 2 aliphatic rings. The van der Waals surface area contributed by atoms with Crippen molar-refractivity contribution in [2.24, 2.45) is 16.3 Å². The van der Waals surface area contributed by atoms with Gasteiger partial charge in [0.1, 0.15) is 10.7 Å². The number of hydrogen-bond donors (Lipinski definition) is 4. The minimum absolute atomic E-state index is 0.00250. The Morgan fingerprint density at radius 2 is 1.93 bits per heavy atom. The molecule has 0 bridgehead atoms. The Hall–Kier alpha value is -2.78. The van der Waals surface area contributed by atoms with E-state index in [1.54, 1.807) is 24.3 Å². The lowest BCUT2D eigenvalue weighted by Gasteiger charge is -2.42. The lowest BCUT2D eigenvalue weighted by Crippen LogP contribution is -2.51. The van der Waals surface area contributed by atoms with Crippen LogP contribution < -0.4 is 21.1 Å². The molecule has 42 heavy (non-hydrogen) atoms. The summed E-state index contributed by atoms with van der Waals surface area (Å²) in [7, 11) is -4.11. The van der Waals surface area contributed by atoms with Crippen LogP contribution in [0.2, 0.25) is 5.02 Å². The molecule has 2 atom stereocenters. The van der Waals surface area contributed by atoms with Crippen molar-refractivity contribution in [1.82, 2.24) is 9.97 Å². The Balaban J connectivity index is 1.35. The van der Waals surface area contributed by atoms with Gasteiger partial charge in [0.15, 0.2) is 5.82 Å². The molecule has 2 fully saturated rings. The maximum Gasteiger partial charge on any atom is 0.257 e. The Morgan fingerprint density at radius 3 is 2.57 bits per heavy atom. The van der Waals surface area contributed by atoms with Gasteiger partial charge < -0.3 is 25.8 Å². The second kappa shape index (κ2) is 12.1. The number of piperidine rings is 1. The van der Waals surface area contributed by atoms with Crippen LogP contribution in [-0.2, 0) is 21.4 Å². The summed E-state index contributed by atoms with van der Waals surface area (Å²) in [6.45, 7) is 5.71. The molecular weight excluding hydrogens is 600 g/mol. The van der Waals surface area contributed by atoms with Crippen LogP contribution in [0.1, 0.15) is 41.5 Å². The first kappa shape index (κ1) is 30.7. The van der Waals surface area contributed by atoms with Crippen LogP contribution in [-0.4, -0.2) is 61.2 Å². The number of aliphatic hydroxyl groups is 1. The summed E-state index contributed by atoms with van der Waals surface area (Å²) in [5, 5.41) is 18.9. The minimum Gasteiger partial charge on any atom is -0.390 e. The molecule has 0 radical (unpaired) electrons. The molecule has 224 valence electrons. The van der Waals surface area contributed by atoms with Gasteiger partial charge in [-0.15, -0.1) is 0 Å². The van der Waals surface area contributed by atoms with Crippen LogP contribution >= 0.6 is 23.4 Å². The third-order valence-corrected chi connectivity index (χ3v) is 10.6. The zero-order valence-electron chi connectivity index (χ0n) is 23.2. The molecule has 2 saturated heterocycles. The number of halogens is 1. The topological polar surface area (TPSA) is 174 Å². The highest BCUT2D eigenvalue weighted by atomic mass is 35.5. The van der Waals surface area contributed by atoms with Gasteiger partial charge >= 0.3 is 0 Å². The van der Waals surface area contributed by atoms with Gasteiger partial charge in [0.05, 0.1) is 46.2 Å². The molecule has 1 amide bonds. The minimum atomic E-state index is -4.11. The van der Waals surface area contributed by atoms with Gasteiger partial charge in [-0.3, -0.25) is 4.79 Å². The Labute approximate surface area is 254 Å². The molecule has 0 aliphatic carbocycles. The summed E-state index contributed by atoms with van der Waals surface area (Å²) in [5.74, 6) is -0.0233. The average Bonchev–Trinajstić information content (AvgIpc) is 3.24. The van der Waals surface area contributed by atoms with Crippen LogP contribution in [0.5, 0.6) is 0 Å². The number of nitrogens with zero attached hydrogens (tertiary/aromatic N) is 3. The maximum atomic E-state index is 13.0. The molecule has 2 aliphatic heterocycles. The number of sulfonamides is 1. The predicted octanol–water partition coefficient (Wildman–Crippen LogP) is 3.31. The summed E-state index contributed by atoms with van der Waals surface area (Å²) in [5.41, 5.74) is 7.74. The van der Waals surface area contributed by atoms with Gasteiger partial charge in [-0.2, -0.15) is 0 Å². The fourth-order valence-corrected chi connectivity index (χ4v) is 7.43. The normalized spacial score (nSPS) is 20.2. The first-order chi connectivity index (χ1) is 19.9. The first-order valence-electron chi connectivity index (χ1n) is 13.4. The molecule has 3 heterocycles. The fraction of sp³-hybridized carbons (Fsp3) is 0.393. The molecule has 1 spiro atoms. The van der Waals surface area contributed by atoms with Crippen LogP contribution in [0.25, 0.3) is 0 Å². The summed E-state index contributed by atoms with van der Waals surface area (Å²) in [6.07, 6.45) is 1.78. The number of carbonyl (C=O) groups is 1. The highest BCUT2D eigenvalue weighted by molar-refractivity contribution is 7.99. The second-order valence-electron chi connectivity index (χ2n) is 10.6. The van der Waals surface area contributed by atoms with E-state index < -0.39 is 15.9 Å². The first-order valence-corrected chi connectivity index (χ1v) is 16.2. The Morgan fingerprint density at radius 1 is 1.21 bits per heavy atom. The SMILES string of the molecule is Cc1nc(N2CCC3(CC2)CO[C@@H](C)[C@H]3N)c(CO)nc1Sc1cccc(NC(=O)c2ccccc2S(N)(=O)=O)c1Cl. The number of amides is 1. The van der Waals surface area contributed by atoms with Crippen molar-refractivity contribution in [2.75, 3.05) is 29.9 Å². The van der Waals surface area contributed by atoms with Crippen molar-refractivity contribution in [1.29, 1.82) is 0 Å². The average molecular weight is 633 g/mol. The van der Waals surface area contributed by atoms with Crippen LogP contribution in [0.4, 0.5) is 11.5 Å². The number of aliphatic hydroxyl groups excluding tert-OH is 1. The van der Waals surface area contributed by atoms with E-state index >= 15 is 0 Å². The number of nitrogens with one attached hydrogen (secondary N) is 1. The standard InChI is InChI=1S/C28H33ClN6O5S2/c1-16-27(34-20(14-36)25(32-16)35-12-10-28(11-13-35)15-40-17(2)24(28)30)41-21-8-5-7-19(23(21)29)33-26(37)18-6-3-4-9-22(18)42(31,38)39/h3-9,17,24,36H,10-15,30H2,1-2H3,(H,33,37)(H2,31,38,39)/t17-,24+/m0/s1. The molecule has 11 nitrogen and oxygen atoms in total. The third-order valence-electron chi connectivity index (χ3n) is 7.99. The molecule has 0 saturated carbocycles. The molecule has 0 unspecified atom stereocenters. The van der Waals surface area contributed by atoms with Gasteiger partial charge in [0.25, 0.3) is 5.91 Å². The number of aromatic nitrogens is 2. The van der Waals surface area contributed by atoms with Gasteiger partial charge in [-0.25, -0.2) is 23.5 Å². The molecule has 2 aromatic carbocycles. The number of nitrogens with two attached hydrogens (primary N) is 2. The third kappa shape index (κ3) is 6.00. The van der Waals surface area contributed by atoms with Crippen molar-refractivity contribution >= 4 is 50.8 Å². The van der Waals surface area contributed by atoms with Gasteiger partial charge in [-0.1, -0.05) is 41.6 Å². The second-order valence-corrected chi connectivity index (χ2v) is 13.6. The number of aryl methyl sites for hydroxylation is 1. The van der Waals surface area contributed by atoms with Gasteiger partial charge in [0, 0.05) is 29.4 Å². The van der Waals surface area contributed by atoms with E-state index in [1.807, 2.05) is 13.8 Å². The largest absolute Gasteiger partial charge is 0.390 e. The smallest absolute Gasteiger partial charge is 0.257 e. The summed E-state index contributed by atoms with van der Waals surface area (Å²) >= 11 is 7.93. The van der Waals surface area contributed by atoms with E-state index in [9.17, 15) is 18.3 Å². The van der Waals surface area contributed by atoms with Gasteiger partial charge in [0.2, 0.25) is 10.0 Å². The zero-order chi connectivity index (χ0) is 30.2. The number of benzene rings is 2. The number of anilines is 2. The lowest BCUT2D eigenvalue weighted by molar-refractivity contribution is 0.0973. The molecule has 5 rings (SSSR count). The number of rotatable bonds is 7. The monoisotopic (exact) mass is 632 g/mol. The van der Waals surface area contributed by atoms with Crippen molar-refractivity contribution in [3.63, 3.8) is 0 Å². The molecule has 6 N–H and O–H groups in total. The summed E-state index contributed by atoms with van der Waals surface area (Å²) < 4.78 is 29.7. The van der Waals surface area contributed by atoms with Crippen LogP contribution in [0.3, 0.4) is 0 Å². The van der Waals surface area contributed by atoms with Crippen LogP contribution in [0.15, 0.2) is 57.3 Å². The van der Waals surface area contributed by atoms with Crippen LogP contribution in [0, 0.1) is 12.3 Å². The summed E-state index contributed by atoms with van der Waals surface area (Å²) in [6, 6.07) is 10.8.